The van der Waals surface area contributed by atoms with E-state index in [1.807, 2.05) is 0 Å². The highest BCUT2D eigenvalue weighted by molar-refractivity contribution is 7.86. The van der Waals surface area contributed by atoms with Crippen LogP contribution in [0.2, 0.25) is 0 Å². The predicted molar refractivity (Wildman–Crippen MR) is 57.4 cm³/mol. The lowest BCUT2D eigenvalue weighted by molar-refractivity contribution is 0.395. The highest BCUT2D eigenvalue weighted by Gasteiger charge is 2.22. The predicted octanol–water partition coefficient (Wildman–Crippen LogP) is 0.497. The number of hydrogen-bond acceptors (Lipinski definition) is 5. The molecule has 0 bridgehead atoms. The van der Waals surface area contributed by atoms with E-state index in [1.165, 1.54) is 6.92 Å². The lowest BCUT2D eigenvalue weighted by atomic mass is 10.2. The van der Waals surface area contributed by atoms with Gasteiger partial charge in [-0.15, -0.1) is 0 Å². The zero-order valence-electron chi connectivity index (χ0n) is 8.91. The molecular formula is C8H10O7S2. The molecule has 0 aliphatic rings. The van der Waals surface area contributed by atoms with Gasteiger partial charge in [0.05, 0.1) is 7.11 Å². The highest BCUT2D eigenvalue weighted by atomic mass is 32.2. The molecule has 0 radical (unpaired) electrons. The molecule has 9 heteroatoms. The van der Waals surface area contributed by atoms with Gasteiger partial charge in [-0.25, -0.2) is 0 Å². The Kier molecular flexibility index (Phi) is 3.48. The summed E-state index contributed by atoms with van der Waals surface area (Å²) in [6, 6.07) is 1.73. The maximum Gasteiger partial charge on any atom is 0.298 e. The zero-order chi connectivity index (χ0) is 13.4. The second kappa shape index (κ2) is 4.26. The topological polar surface area (TPSA) is 118 Å². The van der Waals surface area contributed by atoms with Gasteiger partial charge >= 0.3 is 0 Å². The molecule has 17 heavy (non-hydrogen) atoms. The van der Waals surface area contributed by atoms with Gasteiger partial charge in [-0.1, -0.05) is 0 Å². The average molecular weight is 282 g/mol. The molecule has 2 N–H and O–H groups in total. The van der Waals surface area contributed by atoms with Crippen molar-refractivity contribution < 1.29 is 30.7 Å². The first-order valence-corrected chi connectivity index (χ1v) is 7.09. The smallest absolute Gasteiger partial charge is 0.298 e. The van der Waals surface area contributed by atoms with Crippen molar-refractivity contribution in [2.75, 3.05) is 7.11 Å². The highest BCUT2D eigenvalue weighted by Crippen LogP contribution is 2.29. The second-order valence-electron chi connectivity index (χ2n) is 3.22. The van der Waals surface area contributed by atoms with Crippen molar-refractivity contribution in [2.24, 2.45) is 0 Å². The minimum atomic E-state index is -4.53. The molecule has 0 saturated heterocycles. The molecular weight excluding hydrogens is 272 g/mol. The lowest BCUT2D eigenvalue weighted by Crippen LogP contribution is -2.07. The normalized spacial score (nSPS) is 12.5. The second-order valence-corrected chi connectivity index (χ2v) is 6.00. The Bertz CT molecular complexity index is 643. The van der Waals surface area contributed by atoms with E-state index in [2.05, 4.69) is 4.74 Å². The number of methoxy groups -OCH3 is 1. The van der Waals surface area contributed by atoms with Gasteiger partial charge in [-0.05, 0) is 18.6 Å². The van der Waals surface area contributed by atoms with Crippen LogP contribution in [-0.2, 0) is 20.2 Å². The number of rotatable bonds is 3. The summed E-state index contributed by atoms with van der Waals surface area (Å²) in [5.74, 6) is -0.370. The first kappa shape index (κ1) is 13.9. The molecule has 1 aromatic rings. The minimum absolute atomic E-state index is 0.0269. The standard InChI is InChI=1S/C8H10O7S2/c1-5-3-8(17(12,13)14)6(15-2)4-7(5)16(9,10)11/h3-4H,1-2H3,(H,9,10,11)(H,12,13,14). The molecule has 0 unspecified atom stereocenters. The Morgan fingerprint density at radius 1 is 1.00 bits per heavy atom. The van der Waals surface area contributed by atoms with Gasteiger partial charge in [-0.3, -0.25) is 9.11 Å². The van der Waals surface area contributed by atoms with Crippen LogP contribution < -0.4 is 4.74 Å². The number of aryl methyl sites for hydroxylation is 1. The molecule has 0 amide bonds. The van der Waals surface area contributed by atoms with Gasteiger partial charge in [0.1, 0.15) is 15.5 Å². The SMILES string of the molecule is COc1cc(S(=O)(=O)O)c(C)cc1S(=O)(=O)O. The van der Waals surface area contributed by atoms with E-state index in [0.29, 0.717) is 0 Å². The first-order chi connectivity index (χ1) is 7.57. The van der Waals surface area contributed by atoms with Crippen LogP contribution in [0.3, 0.4) is 0 Å². The molecule has 96 valence electrons. The van der Waals surface area contributed by atoms with Crippen LogP contribution in [0.15, 0.2) is 21.9 Å². The molecule has 0 saturated carbocycles. The Balaban J connectivity index is 3.69. The van der Waals surface area contributed by atoms with Gasteiger partial charge in [-0.2, -0.15) is 16.8 Å². The third kappa shape index (κ3) is 2.94. The summed E-state index contributed by atoms with van der Waals surface area (Å²) in [7, 11) is -7.91. The van der Waals surface area contributed by atoms with Crippen LogP contribution in [0.5, 0.6) is 5.75 Å². The quantitative estimate of drug-likeness (QED) is 0.775. The first-order valence-electron chi connectivity index (χ1n) is 4.21. The monoisotopic (exact) mass is 282 g/mol. The van der Waals surface area contributed by atoms with Crippen LogP contribution in [0, 0.1) is 6.92 Å². The van der Waals surface area contributed by atoms with Crippen LogP contribution in [0.1, 0.15) is 5.56 Å². The molecule has 0 aliphatic heterocycles. The van der Waals surface area contributed by atoms with E-state index in [0.717, 1.165) is 19.2 Å². The fraction of sp³-hybridized carbons (Fsp3) is 0.250. The number of hydrogen-bond donors (Lipinski definition) is 2. The molecule has 0 aromatic heterocycles. The zero-order valence-corrected chi connectivity index (χ0v) is 10.5. The van der Waals surface area contributed by atoms with Crippen molar-refractivity contribution in [1.82, 2.24) is 0 Å². The van der Waals surface area contributed by atoms with Gasteiger partial charge in [0.2, 0.25) is 0 Å². The molecule has 1 rings (SSSR count). The van der Waals surface area contributed by atoms with E-state index in [9.17, 15) is 16.8 Å². The number of benzene rings is 1. The molecule has 0 heterocycles. The van der Waals surface area contributed by atoms with Crippen LogP contribution in [0.4, 0.5) is 0 Å². The Morgan fingerprint density at radius 2 is 1.47 bits per heavy atom. The van der Waals surface area contributed by atoms with Crippen LogP contribution in [0.25, 0.3) is 0 Å². The van der Waals surface area contributed by atoms with Crippen molar-refractivity contribution in [3.63, 3.8) is 0 Å². The van der Waals surface area contributed by atoms with E-state index in [1.54, 1.807) is 0 Å². The van der Waals surface area contributed by atoms with Crippen LogP contribution in [-0.4, -0.2) is 33.1 Å². The molecule has 7 nitrogen and oxygen atoms in total. The van der Waals surface area contributed by atoms with Crippen molar-refractivity contribution >= 4 is 20.2 Å². The third-order valence-corrected chi connectivity index (χ3v) is 3.89. The van der Waals surface area contributed by atoms with E-state index in [4.69, 9.17) is 9.11 Å². The molecule has 1 aromatic carbocycles. The van der Waals surface area contributed by atoms with Gasteiger partial charge in [0, 0.05) is 6.07 Å². The van der Waals surface area contributed by atoms with Crippen molar-refractivity contribution in [3.05, 3.63) is 17.7 Å². The summed E-state index contributed by atoms with van der Waals surface area (Å²) in [5.41, 5.74) is -0.0269. The van der Waals surface area contributed by atoms with Crippen molar-refractivity contribution in [3.8, 4) is 5.75 Å². The largest absolute Gasteiger partial charge is 0.495 e. The minimum Gasteiger partial charge on any atom is -0.495 e. The van der Waals surface area contributed by atoms with Crippen LogP contribution >= 0.6 is 0 Å². The Labute approximate surface area is 98.5 Å². The maximum absolute atomic E-state index is 11.0. The number of ether oxygens (including phenoxy) is 1. The van der Waals surface area contributed by atoms with Crippen molar-refractivity contribution in [1.29, 1.82) is 0 Å². The maximum atomic E-state index is 11.0. The van der Waals surface area contributed by atoms with Gasteiger partial charge < -0.3 is 4.74 Å². The summed E-state index contributed by atoms with van der Waals surface area (Å²) in [6.45, 7) is 1.28. The molecule has 0 fully saturated rings. The fourth-order valence-electron chi connectivity index (χ4n) is 1.28. The summed E-state index contributed by atoms with van der Waals surface area (Å²) >= 11 is 0. The Morgan fingerprint density at radius 3 is 1.82 bits per heavy atom. The molecule has 0 atom stereocenters. The van der Waals surface area contributed by atoms with E-state index in [-0.39, 0.29) is 11.3 Å². The van der Waals surface area contributed by atoms with E-state index < -0.39 is 30.0 Å². The van der Waals surface area contributed by atoms with E-state index >= 15 is 0 Å². The lowest BCUT2D eigenvalue weighted by Gasteiger charge is -2.09. The average Bonchev–Trinajstić information content (AvgIpc) is 2.14. The Hall–Kier alpha value is -1.16. The third-order valence-electron chi connectivity index (χ3n) is 2.02. The molecule has 0 aliphatic carbocycles. The summed E-state index contributed by atoms with van der Waals surface area (Å²) in [4.78, 5) is -1.05. The summed E-state index contributed by atoms with van der Waals surface area (Å²) in [5, 5.41) is 0. The fourth-order valence-corrected chi connectivity index (χ4v) is 2.73. The van der Waals surface area contributed by atoms with Gasteiger partial charge in [0.25, 0.3) is 20.2 Å². The van der Waals surface area contributed by atoms with Gasteiger partial charge in [0.15, 0.2) is 0 Å². The summed E-state index contributed by atoms with van der Waals surface area (Å²) < 4.78 is 66.4. The summed E-state index contributed by atoms with van der Waals surface area (Å²) in [6.07, 6.45) is 0. The molecule has 0 spiro atoms. The van der Waals surface area contributed by atoms with Crippen molar-refractivity contribution in [2.45, 2.75) is 16.7 Å².